The summed E-state index contributed by atoms with van der Waals surface area (Å²) in [6, 6.07) is 5.37. The molecule has 0 aliphatic carbocycles. The lowest BCUT2D eigenvalue weighted by atomic mass is 10.0. The van der Waals surface area contributed by atoms with Crippen molar-refractivity contribution >= 4 is 29.5 Å². The molecule has 2 rings (SSSR count). The van der Waals surface area contributed by atoms with Gasteiger partial charge in [0.15, 0.2) is 0 Å². The molecule has 1 unspecified atom stereocenters. The third-order valence-corrected chi connectivity index (χ3v) is 3.88. The molecule has 1 atom stereocenters. The van der Waals surface area contributed by atoms with Gasteiger partial charge >= 0.3 is 0 Å². The maximum Gasteiger partial charge on any atom is 0.238 e. The van der Waals surface area contributed by atoms with E-state index in [1.54, 1.807) is 6.07 Å². The first-order valence-corrected chi connectivity index (χ1v) is 7.23. The van der Waals surface area contributed by atoms with Gasteiger partial charge in [-0.2, -0.15) is 0 Å². The average Bonchev–Trinajstić information content (AvgIpc) is 2.42. The molecule has 1 aromatic rings. The van der Waals surface area contributed by atoms with Gasteiger partial charge in [-0.15, -0.1) is 0 Å². The molecule has 1 saturated heterocycles. The van der Waals surface area contributed by atoms with E-state index in [0.29, 0.717) is 10.7 Å². The summed E-state index contributed by atoms with van der Waals surface area (Å²) >= 11 is 6.09. The van der Waals surface area contributed by atoms with Crippen LogP contribution in [0.2, 0.25) is 5.02 Å². The molecular formula is C15H19ClN2O2. The Kier molecular flexibility index (Phi) is 5.15. The number of benzene rings is 1. The number of aryl methyl sites for hydroxylation is 1. The van der Waals surface area contributed by atoms with Gasteiger partial charge in [-0.1, -0.05) is 24.1 Å². The summed E-state index contributed by atoms with van der Waals surface area (Å²) in [5, 5.41) is 3.33. The van der Waals surface area contributed by atoms with Crippen LogP contribution in [0, 0.1) is 6.92 Å². The predicted octanol–water partition coefficient (Wildman–Crippen LogP) is 2.64. The van der Waals surface area contributed by atoms with Crippen molar-refractivity contribution in [2.75, 3.05) is 18.4 Å². The van der Waals surface area contributed by atoms with Crippen molar-refractivity contribution in [1.82, 2.24) is 4.90 Å². The Labute approximate surface area is 124 Å². The summed E-state index contributed by atoms with van der Waals surface area (Å²) in [4.78, 5) is 25.0. The number of piperidine rings is 1. The van der Waals surface area contributed by atoms with E-state index in [0.717, 1.165) is 37.7 Å². The van der Waals surface area contributed by atoms with E-state index in [4.69, 9.17) is 11.6 Å². The van der Waals surface area contributed by atoms with Gasteiger partial charge in [0.05, 0.1) is 23.3 Å². The lowest BCUT2D eigenvalue weighted by molar-refractivity contribution is -0.120. The largest absolute Gasteiger partial charge is 0.324 e. The van der Waals surface area contributed by atoms with Crippen molar-refractivity contribution < 1.29 is 9.59 Å². The Morgan fingerprint density at radius 1 is 1.50 bits per heavy atom. The van der Waals surface area contributed by atoms with Crippen molar-refractivity contribution in [1.29, 1.82) is 0 Å². The maximum atomic E-state index is 12.1. The molecular weight excluding hydrogens is 276 g/mol. The van der Waals surface area contributed by atoms with Gasteiger partial charge in [0, 0.05) is 0 Å². The fourth-order valence-electron chi connectivity index (χ4n) is 2.46. The zero-order chi connectivity index (χ0) is 14.5. The van der Waals surface area contributed by atoms with E-state index in [9.17, 15) is 9.59 Å². The average molecular weight is 295 g/mol. The lowest BCUT2D eigenvalue weighted by Gasteiger charge is -2.31. The van der Waals surface area contributed by atoms with Crippen molar-refractivity contribution in [2.45, 2.75) is 32.2 Å². The molecule has 5 heteroatoms. The van der Waals surface area contributed by atoms with Crippen molar-refractivity contribution in [3.05, 3.63) is 28.8 Å². The van der Waals surface area contributed by atoms with Crippen LogP contribution in [0.5, 0.6) is 0 Å². The van der Waals surface area contributed by atoms with Gasteiger partial charge in [-0.3, -0.25) is 9.69 Å². The molecule has 0 bridgehead atoms. The first kappa shape index (κ1) is 15.0. The minimum atomic E-state index is -0.136. The Morgan fingerprint density at radius 3 is 3.00 bits per heavy atom. The van der Waals surface area contributed by atoms with E-state index >= 15 is 0 Å². The quantitative estimate of drug-likeness (QED) is 0.869. The number of anilines is 1. The van der Waals surface area contributed by atoms with Crippen LogP contribution in [-0.2, 0) is 9.59 Å². The summed E-state index contributed by atoms with van der Waals surface area (Å²) in [5.74, 6) is -0.135. The minimum absolute atomic E-state index is 0.135. The van der Waals surface area contributed by atoms with Crippen LogP contribution in [-0.4, -0.2) is 36.2 Å². The van der Waals surface area contributed by atoms with Crippen molar-refractivity contribution in [2.24, 2.45) is 0 Å². The van der Waals surface area contributed by atoms with E-state index in [1.807, 2.05) is 24.0 Å². The number of hydrogen-bond donors (Lipinski definition) is 1. The van der Waals surface area contributed by atoms with Gasteiger partial charge in [0.2, 0.25) is 5.91 Å². The van der Waals surface area contributed by atoms with Gasteiger partial charge in [0.1, 0.15) is 6.29 Å². The highest BCUT2D eigenvalue weighted by Gasteiger charge is 2.23. The molecule has 0 aromatic heterocycles. The van der Waals surface area contributed by atoms with Gasteiger partial charge in [-0.25, -0.2) is 0 Å². The monoisotopic (exact) mass is 294 g/mol. The third kappa shape index (κ3) is 3.81. The number of aldehydes is 1. The summed E-state index contributed by atoms with van der Waals surface area (Å²) in [7, 11) is 0. The molecule has 20 heavy (non-hydrogen) atoms. The smallest absolute Gasteiger partial charge is 0.238 e. The normalized spacial score (nSPS) is 19.6. The van der Waals surface area contributed by atoms with Crippen LogP contribution < -0.4 is 5.32 Å². The Morgan fingerprint density at radius 2 is 2.30 bits per heavy atom. The zero-order valence-corrected chi connectivity index (χ0v) is 12.3. The molecule has 1 aromatic carbocycles. The molecule has 1 aliphatic heterocycles. The fraction of sp³-hybridized carbons (Fsp3) is 0.467. The second kappa shape index (κ2) is 6.86. The van der Waals surface area contributed by atoms with Gasteiger partial charge < -0.3 is 10.1 Å². The number of nitrogens with one attached hydrogen (secondary N) is 1. The second-order valence-corrected chi connectivity index (χ2v) is 5.61. The molecule has 1 N–H and O–H groups in total. The molecule has 0 saturated carbocycles. The van der Waals surface area contributed by atoms with Gasteiger partial charge in [-0.05, 0) is 44.0 Å². The SMILES string of the molecule is Cc1ccc(NC(=O)CN2CCCCC2C=O)c(Cl)c1. The van der Waals surface area contributed by atoms with E-state index in [1.165, 1.54) is 0 Å². The summed E-state index contributed by atoms with van der Waals surface area (Å²) in [6.45, 7) is 2.96. The number of likely N-dealkylation sites (tertiary alicyclic amines) is 1. The number of halogens is 1. The molecule has 1 fully saturated rings. The topological polar surface area (TPSA) is 49.4 Å². The number of rotatable bonds is 4. The number of nitrogens with zero attached hydrogens (tertiary/aromatic N) is 1. The molecule has 0 spiro atoms. The van der Waals surface area contributed by atoms with Crippen LogP contribution in [0.25, 0.3) is 0 Å². The number of hydrogen-bond acceptors (Lipinski definition) is 3. The highest BCUT2D eigenvalue weighted by molar-refractivity contribution is 6.33. The van der Waals surface area contributed by atoms with E-state index in [-0.39, 0.29) is 18.5 Å². The molecule has 108 valence electrons. The Bertz CT molecular complexity index is 505. The van der Waals surface area contributed by atoms with E-state index < -0.39 is 0 Å². The lowest BCUT2D eigenvalue weighted by Crippen LogP contribution is -2.44. The van der Waals surface area contributed by atoms with Crippen LogP contribution in [0.4, 0.5) is 5.69 Å². The van der Waals surface area contributed by atoms with Crippen molar-refractivity contribution in [3.8, 4) is 0 Å². The highest BCUT2D eigenvalue weighted by atomic mass is 35.5. The zero-order valence-electron chi connectivity index (χ0n) is 11.6. The maximum absolute atomic E-state index is 12.1. The number of carbonyl (C=O) groups is 2. The minimum Gasteiger partial charge on any atom is -0.324 e. The van der Waals surface area contributed by atoms with Gasteiger partial charge in [0.25, 0.3) is 0 Å². The molecule has 1 heterocycles. The van der Waals surface area contributed by atoms with Crippen molar-refractivity contribution in [3.63, 3.8) is 0 Å². The second-order valence-electron chi connectivity index (χ2n) is 5.20. The molecule has 4 nitrogen and oxygen atoms in total. The standard InChI is InChI=1S/C15H19ClN2O2/c1-11-5-6-14(13(16)8-11)17-15(20)9-18-7-3-2-4-12(18)10-19/h5-6,8,10,12H,2-4,7,9H2,1H3,(H,17,20). The fourth-order valence-corrected chi connectivity index (χ4v) is 2.75. The summed E-state index contributed by atoms with van der Waals surface area (Å²) < 4.78 is 0. The first-order valence-electron chi connectivity index (χ1n) is 6.85. The predicted molar refractivity (Wildman–Crippen MR) is 80.1 cm³/mol. The van der Waals surface area contributed by atoms with E-state index in [2.05, 4.69) is 5.32 Å². The summed E-state index contributed by atoms with van der Waals surface area (Å²) in [6.07, 6.45) is 3.85. The summed E-state index contributed by atoms with van der Waals surface area (Å²) in [5.41, 5.74) is 1.66. The molecule has 0 radical (unpaired) electrons. The Balaban J connectivity index is 1.96. The van der Waals surface area contributed by atoms with Crippen LogP contribution in [0.3, 0.4) is 0 Å². The van der Waals surface area contributed by atoms with Crippen LogP contribution >= 0.6 is 11.6 Å². The number of amides is 1. The number of carbonyl (C=O) groups excluding carboxylic acids is 2. The Hall–Kier alpha value is -1.39. The van der Waals surface area contributed by atoms with Crippen LogP contribution in [0.1, 0.15) is 24.8 Å². The molecule has 1 aliphatic rings. The first-order chi connectivity index (χ1) is 9.60. The third-order valence-electron chi connectivity index (χ3n) is 3.57. The highest BCUT2D eigenvalue weighted by Crippen LogP contribution is 2.23. The van der Waals surface area contributed by atoms with Crippen LogP contribution in [0.15, 0.2) is 18.2 Å². The molecule has 1 amide bonds.